The van der Waals surface area contributed by atoms with Gasteiger partial charge in [-0.05, 0) is 47.6 Å². The summed E-state index contributed by atoms with van der Waals surface area (Å²) in [5.41, 5.74) is 2.96. The van der Waals surface area contributed by atoms with Gasteiger partial charge in [-0.2, -0.15) is 13.2 Å². The molecule has 3 aromatic rings. The Balaban J connectivity index is 1.63. The standard InChI is InChI=1S/C25H23F3N2O2/c1-17-11-12-22(29-15-17)32-14-6-13-24(23(31)30-16-25(26,27)28)20-9-4-2-7-18(20)19-8-3-5-10-21(19)24/h2-5,7-12,15H,6,13-14,16H2,1H3,(H,30,31). The second-order valence-corrected chi connectivity index (χ2v) is 7.92. The molecule has 0 spiro atoms. The summed E-state index contributed by atoms with van der Waals surface area (Å²) in [6.45, 7) is 0.839. The first-order chi connectivity index (χ1) is 15.3. The first-order valence-electron chi connectivity index (χ1n) is 10.4. The van der Waals surface area contributed by atoms with Crippen molar-refractivity contribution in [1.82, 2.24) is 10.3 Å². The lowest BCUT2D eigenvalue weighted by Crippen LogP contribution is -2.47. The van der Waals surface area contributed by atoms with Crippen molar-refractivity contribution >= 4 is 5.91 Å². The van der Waals surface area contributed by atoms with E-state index in [-0.39, 0.29) is 6.61 Å². The van der Waals surface area contributed by atoms with Crippen molar-refractivity contribution in [1.29, 1.82) is 0 Å². The molecule has 7 heteroatoms. The summed E-state index contributed by atoms with van der Waals surface area (Å²) in [6.07, 6.45) is -2.03. The van der Waals surface area contributed by atoms with E-state index in [9.17, 15) is 18.0 Å². The van der Waals surface area contributed by atoms with Crippen LogP contribution in [0.25, 0.3) is 11.1 Å². The SMILES string of the molecule is Cc1ccc(OCCCC2(C(=O)NCC(F)(F)F)c3ccccc3-c3ccccc32)nc1. The fourth-order valence-corrected chi connectivity index (χ4v) is 4.34. The molecule has 1 amide bonds. The molecule has 0 radical (unpaired) electrons. The van der Waals surface area contributed by atoms with Gasteiger partial charge in [0.25, 0.3) is 0 Å². The monoisotopic (exact) mass is 440 g/mol. The number of pyridine rings is 1. The van der Waals surface area contributed by atoms with Crippen molar-refractivity contribution in [3.05, 3.63) is 83.6 Å². The first kappa shape index (κ1) is 21.9. The van der Waals surface area contributed by atoms with Crippen molar-refractivity contribution in [2.75, 3.05) is 13.2 Å². The van der Waals surface area contributed by atoms with Crippen LogP contribution in [0, 0.1) is 6.92 Å². The van der Waals surface area contributed by atoms with E-state index >= 15 is 0 Å². The molecule has 4 rings (SSSR count). The zero-order valence-electron chi connectivity index (χ0n) is 17.6. The highest BCUT2D eigenvalue weighted by Crippen LogP contribution is 2.51. The van der Waals surface area contributed by atoms with E-state index in [2.05, 4.69) is 10.3 Å². The Kier molecular flexibility index (Phi) is 5.91. The molecular weight excluding hydrogens is 417 g/mol. The highest BCUT2D eigenvalue weighted by molar-refractivity contribution is 6.00. The van der Waals surface area contributed by atoms with Crippen LogP contribution in [-0.2, 0) is 10.2 Å². The van der Waals surface area contributed by atoms with Crippen LogP contribution in [0.15, 0.2) is 66.9 Å². The summed E-state index contributed by atoms with van der Waals surface area (Å²) in [4.78, 5) is 17.6. The lowest BCUT2D eigenvalue weighted by molar-refractivity contribution is -0.141. The number of hydrogen-bond acceptors (Lipinski definition) is 3. The van der Waals surface area contributed by atoms with Gasteiger partial charge in [0.1, 0.15) is 12.0 Å². The van der Waals surface area contributed by atoms with Crippen LogP contribution in [0.2, 0.25) is 0 Å². The average Bonchev–Trinajstić information content (AvgIpc) is 3.07. The van der Waals surface area contributed by atoms with Crippen molar-refractivity contribution in [2.24, 2.45) is 0 Å². The smallest absolute Gasteiger partial charge is 0.405 e. The number of aryl methyl sites for hydroxylation is 1. The Labute approximate surface area is 184 Å². The maximum atomic E-state index is 13.4. The third-order valence-corrected chi connectivity index (χ3v) is 5.73. The Bertz CT molecular complexity index is 1070. The number of carbonyl (C=O) groups excluding carboxylic acids is 1. The van der Waals surface area contributed by atoms with Crippen LogP contribution in [0.3, 0.4) is 0 Å². The summed E-state index contributed by atoms with van der Waals surface area (Å²) < 4.78 is 44.4. The molecule has 0 unspecified atom stereocenters. The van der Waals surface area contributed by atoms with Gasteiger partial charge in [-0.1, -0.05) is 54.6 Å². The Hall–Kier alpha value is -3.35. The second-order valence-electron chi connectivity index (χ2n) is 7.92. The lowest BCUT2D eigenvalue weighted by atomic mass is 9.73. The molecular formula is C25H23F3N2O2. The topological polar surface area (TPSA) is 51.2 Å². The first-order valence-corrected chi connectivity index (χ1v) is 10.4. The second kappa shape index (κ2) is 8.65. The van der Waals surface area contributed by atoms with Gasteiger partial charge in [0.2, 0.25) is 11.8 Å². The number of hydrogen-bond donors (Lipinski definition) is 1. The molecule has 0 saturated carbocycles. The number of fused-ring (bicyclic) bond motifs is 3. The highest BCUT2D eigenvalue weighted by atomic mass is 19.4. The van der Waals surface area contributed by atoms with Gasteiger partial charge in [0.15, 0.2) is 0 Å². The van der Waals surface area contributed by atoms with E-state index in [0.29, 0.717) is 29.8 Å². The van der Waals surface area contributed by atoms with Crippen molar-refractivity contribution < 1.29 is 22.7 Å². The molecule has 166 valence electrons. The summed E-state index contributed by atoms with van der Waals surface area (Å²) >= 11 is 0. The molecule has 0 saturated heterocycles. The van der Waals surface area contributed by atoms with E-state index in [0.717, 1.165) is 16.7 Å². The van der Waals surface area contributed by atoms with E-state index < -0.39 is 24.0 Å². The van der Waals surface area contributed by atoms with Crippen LogP contribution < -0.4 is 10.1 Å². The quantitative estimate of drug-likeness (QED) is 0.514. The maximum absolute atomic E-state index is 13.4. The molecule has 0 aliphatic heterocycles. The van der Waals surface area contributed by atoms with E-state index in [1.165, 1.54) is 0 Å². The van der Waals surface area contributed by atoms with E-state index in [4.69, 9.17) is 4.74 Å². The largest absolute Gasteiger partial charge is 0.478 e. The Morgan fingerprint density at radius 2 is 1.62 bits per heavy atom. The highest BCUT2D eigenvalue weighted by Gasteiger charge is 2.49. The van der Waals surface area contributed by atoms with Crippen LogP contribution in [0.1, 0.15) is 29.5 Å². The number of carbonyl (C=O) groups is 1. The van der Waals surface area contributed by atoms with Gasteiger partial charge in [-0.15, -0.1) is 0 Å². The maximum Gasteiger partial charge on any atom is 0.405 e. The van der Waals surface area contributed by atoms with Crippen molar-refractivity contribution in [2.45, 2.75) is 31.4 Å². The van der Waals surface area contributed by atoms with Crippen LogP contribution in [0.4, 0.5) is 13.2 Å². The summed E-state index contributed by atoms with van der Waals surface area (Å²) in [6, 6.07) is 18.5. The molecule has 1 aliphatic rings. The van der Waals surface area contributed by atoms with Crippen LogP contribution in [-0.4, -0.2) is 30.2 Å². The fourth-order valence-electron chi connectivity index (χ4n) is 4.34. The molecule has 4 nitrogen and oxygen atoms in total. The summed E-state index contributed by atoms with van der Waals surface area (Å²) in [7, 11) is 0. The number of halogens is 3. The number of benzene rings is 2. The van der Waals surface area contributed by atoms with Gasteiger partial charge in [-0.3, -0.25) is 4.79 Å². The minimum atomic E-state index is -4.49. The van der Waals surface area contributed by atoms with Crippen molar-refractivity contribution in [3.8, 4) is 17.0 Å². The lowest BCUT2D eigenvalue weighted by Gasteiger charge is -2.31. The van der Waals surface area contributed by atoms with Crippen molar-refractivity contribution in [3.63, 3.8) is 0 Å². The summed E-state index contributed by atoms with van der Waals surface area (Å²) in [5.74, 6) is -0.181. The Morgan fingerprint density at radius 3 is 2.19 bits per heavy atom. The third kappa shape index (κ3) is 4.20. The minimum Gasteiger partial charge on any atom is -0.478 e. The minimum absolute atomic E-state index is 0.286. The number of alkyl halides is 3. The fraction of sp³-hybridized carbons (Fsp3) is 0.280. The normalized spacial score (nSPS) is 13.9. The molecule has 1 aromatic heterocycles. The zero-order valence-corrected chi connectivity index (χ0v) is 17.6. The molecule has 2 aromatic carbocycles. The molecule has 1 aliphatic carbocycles. The number of amides is 1. The van der Waals surface area contributed by atoms with Gasteiger partial charge in [0, 0.05) is 12.3 Å². The van der Waals surface area contributed by atoms with Crippen LogP contribution >= 0.6 is 0 Å². The number of nitrogens with zero attached hydrogens (tertiary/aromatic N) is 1. The molecule has 1 heterocycles. The van der Waals surface area contributed by atoms with E-state index in [1.807, 2.05) is 61.5 Å². The zero-order chi connectivity index (χ0) is 22.8. The number of rotatable bonds is 7. The molecule has 0 bridgehead atoms. The van der Waals surface area contributed by atoms with Gasteiger partial charge in [0.05, 0.1) is 6.61 Å². The van der Waals surface area contributed by atoms with Crippen LogP contribution in [0.5, 0.6) is 5.88 Å². The molecule has 32 heavy (non-hydrogen) atoms. The number of nitrogens with one attached hydrogen (secondary N) is 1. The van der Waals surface area contributed by atoms with Gasteiger partial charge >= 0.3 is 6.18 Å². The molecule has 0 fully saturated rings. The summed E-state index contributed by atoms with van der Waals surface area (Å²) in [5, 5.41) is 2.13. The van der Waals surface area contributed by atoms with Gasteiger partial charge < -0.3 is 10.1 Å². The van der Waals surface area contributed by atoms with E-state index in [1.54, 1.807) is 12.3 Å². The Morgan fingerprint density at radius 1 is 1.00 bits per heavy atom. The molecule has 1 N–H and O–H groups in total. The molecule has 0 atom stereocenters. The van der Waals surface area contributed by atoms with Gasteiger partial charge in [-0.25, -0.2) is 4.98 Å². The third-order valence-electron chi connectivity index (χ3n) is 5.73. The predicted molar refractivity (Wildman–Crippen MR) is 115 cm³/mol. The average molecular weight is 440 g/mol. The number of ether oxygens (including phenoxy) is 1. The predicted octanol–water partition coefficient (Wildman–Crippen LogP) is 5.19. The number of aromatic nitrogens is 1.